The summed E-state index contributed by atoms with van der Waals surface area (Å²) in [5.74, 6) is 0.647. The third kappa shape index (κ3) is 4.90. The zero-order chi connectivity index (χ0) is 21.6. The zero-order valence-electron chi connectivity index (χ0n) is 16.2. The number of carbonyl (C=O) groups excluding carboxylic acids is 1. The van der Waals surface area contributed by atoms with Gasteiger partial charge in [-0.1, -0.05) is 6.07 Å². The van der Waals surface area contributed by atoms with Gasteiger partial charge in [0.15, 0.2) is 11.5 Å². The fourth-order valence-corrected chi connectivity index (χ4v) is 2.74. The molecule has 0 aliphatic rings. The molecule has 29 heavy (non-hydrogen) atoms. The number of likely N-dealkylation sites (N-methyl/N-ethyl adjacent to an activating group) is 1. The maximum Gasteiger partial charge on any atom is 0.287 e. The summed E-state index contributed by atoms with van der Waals surface area (Å²) in [6.45, 7) is 1.94. The van der Waals surface area contributed by atoms with E-state index in [1.807, 2.05) is 0 Å². The molecular formula is C19H20N4O6. The number of nitrogens with zero attached hydrogens (tertiary/aromatic N) is 4. The second kappa shape index (κ2) is 9.36. The van der Waals surface area contributed by atoms with Gasteiger partial charge in [0.2, 0.25) is 5.91 Å². The first-order chi connectivity index (χ1) is 13.8. The van der Waals surface area contributed by atoms with Crippen LogP contribution in [0.15, 0.2) is 35.3 Å². The third-order valence-corrected chi connectivity index (χ3v) is 4.26. The van der Waals surface area contributed by atoms with E-state index in [4.69, 9.17) is 14.7 Å². The molecule has 0 aliphatic carbocycles. The topological polar surface area (TPSA) is 128 Å². The van der Waals surface area contributed by atoms with Gasteiger partial charge in [-0.2, -0.15) is 5.26 Å². The lowest BCUT2D eigenvalue weighted by Crippen LogP contribution is -2.36. The number of aromatic nitrogens is 1. The highest BCUT2D eigenvalue weighted by Crippen LogP contribution is 2.28. The van der Waals surface area contributed by atoms with Crippen LogP contribution in [0.25, 0.3) is 0 Å². The van der Waals surface area contributed by atoms with Gasteiger partial charge >= 0.3 is 0 Å². The predicted molar refractivity (Wildman–Crippen MR) is 103 cm³/mol. The van der Waals surface area contributed by atoms with Crippen LogP contribution in [0.3, 0.4) is 0 Å². The minimum Gasteiger partial charge on any atom is -0.493 e. The second-order valence-corrected chi connectivity index (χ2v) is 6.01. The van der Waals surface area contributed by atoms with E-state index in [1.165, 1.54) is 19.1 Å². The van der Waals surface area contributed by atoms with Gasteiger partial charge < -0.3 is 14.4 Å². The number of methoxy groups -OCH3 is 2. The molecule has 1 amide bonds. The Hall–Kier alpha value is -3.87. The number of hydrogen-bond donors (Lipinski definition) is 0. The Balaban J connectivity index is 2.27. The molecule has 10 nitrogen and oxygen atoms in total. The molecule has 1 aromatic heterocycles. The molecule has 0 aliphatic heterocycles. The molecule has 0 fully saturated rings. The van der Waals surface area contributed by atoms with Crippen LogP contribution >= 0.6 is 0 Å². The van der Waals surface area contributed by atoms with Crippen molar-refractivity contribution in [3.05, 3.63) is 62.1 Å². The van der Waals surface area contributed by atoms with Gasteiger partial charge in [-0.3, -0.25) is 24.3 Å². The van der Waals surface area contributed by atoms with Crippen molar-refractivity contribution in [1.82, 2.24) is 9.47 Å². The molecule has 10 heteroatoms. The Bertz CT molecular complexity index is 1020. The van der Waals surface area contributed by atoms with E-state index in [1.54, 1.807) is 31.2 Å². The number of pyridine rings is 1. The number of carbonyl (C=O) groups is 1. The van der Waals surface area contributed by atoms with E-state index in [2.05, 4.69) is 0 Å². The van der Waals surface area contributed by atoms with E-state index < -0.39 is 34.2 Å². The minimum atomic E-state index is -0.756. The van der Waals surface area contributed by atoms with E-state index in [0.29, 0.717) is 18.0 Å². The molecule has 0 N–H and O–H groups in total. The van der Waals surface area contributed by atoms with Gasteiger partial charge in [-0.15, -0.1) is 0 Å². The maximum absolute atomic E-state index is 12.7. The Labute approximate surface area is 166 Å². The summed E-state index contributed by atoms with van der Waals surface area (Å²) in [6, 6.07) is 7.76. The number of nitro groups is 1. The number of rotatable bonds is 8. The van der Waals surface area contributed by atoms with E-state index in [0.717, 1.165) is 22.4 Å². The molecule has 0 radical (unpaired) electrons. The molecule has 0 unspecified atom stereocenters. The highest BCUT2D eigenvalue weighted by Gasteiger charge is 2.19. The lowest BCUT2D eigenvalue weighted by molar-refractivity contribution is -0.385. The van der Waals surface area contributed by atoms with Crippen LogP contribution in [-0.4, -0.2) is 41.1 Å². The molecule has 2 rings (SSSR count). The van der Waals surface area contributed by atoms with Crippen LogP contribution < -0.4 is 15.0 Å². The zero-order valence-corrected chi connectivity index (χ0v) is 16.2. The Kier molecular flexibility index (Phi) is 6.92. The first-order valence-corrected chi connectivity index (χ1v) is 8.62. The number of amides is 1. The van der Waals surface area contributed by atoms with Crippen LogP contribution in [0.2, 0.25) is 0 Å². The van der Waals surface area contributed by atoms with E-state index in [9.17, 15) is 19.7 Å². The summed E-state index contributed by atoms with van der Waals surface area (Å²) in [7, 11) is 3.03. The Morgan fingerprint density at radius 1 is 1.28 bits per heavy atom. The van der Waals surface area contributed by atoms with E-state index >= 15 is 0 Å². The smallest absolute Gasteiger partial charge is 0.287 e. The first kappa shape index (κ1) is 21.4. The highest BCUT2D eigenvalue weighted by molar-refractivity contribution is 5.76. The lowest BCUT2D eigenvalue weighted by atomic mass is 10.2. The molecule has 0 saturated heterocycles. The molecule has 0 spiro atoms. The molecule has 0 saturated carbocycles. The van der Waals surface area contributed by atoms with Gasteiger partial charge in [0.05, 0.1) is 25.3 Å². The fraction of sp³-hybridized carbons (Fsp3) is 0.316. The Morgan fingerprint density at radius 3 is 2.52 bits per heavy atom. The van der Waals surface area contributed by atoms with Gasteiger partial charge in [-0.05, 0) is 24.6 Å². The summed E-state index contributed by atoms with van der Waals surface area (Å²) >= 11 is 0. The molecule has 1 heterocycles. The molecule has 1 aromatic carbocycles. The first-order valence-electron chi connectivity index (χ1n) is 8.62. The van der Waals surface area contributed by atoms with Crippen molar-refractivity contribution in [2.45, 2.75) is 20.0 Å². The third-order valence-electron chi connectivity index (χ3n) is 4.26. The molecule has 0 atom stereocenters. The maximum atomic E-state index is 12.7. The van der Waals surface area contributed by atoms with Crippen molar-refractivity contribution < 1.29 is 19.2 Å². The highest BCUT2D eigenvalue weighted by atomic mass is 16.6. The number of ether oxygens (including phenoxy) is 2. The molecule has 0 bridgehead atoms. The van der Waals surface area contributed by atoms with Gasteiger partial charge in [0.1, 0.15) is 18.2 Å². The summed E-state index contributed by atoms with van der Waals surface area (Å²) in [5.41, 5.74) is -0.803. The minimum absolute atomic E-state index is 0.241. The lowest BCUT2D eigenvalue weighted by Gasteiger charge is -2.22. The number of benzene rings is 1. The molecule has 152 valence electrons. The average Bonchev–Trinajstić information content (AvgIpc) is 2.72. The standard InChI is InChI=1S/C19H20N4O6/c1-4-21(10-13-5-6-16(28-2)17(7-13)29-3)18(24)12-22-11-15(23(26)27)8-14(9-20)19(22)25/h5-8,11H,4,10,12H2,1-3H3. The summed E-state index contributed by atoms with van der Waals surface area (Å²) in [5, 5.41) is 20.0. The van der Waals surface area contributed by atoms with Gasteiger partial charge in [-0.25, -0.2) is 0 Å². The van der Waals surface area contributed by atoms with Crippen molar-refractivity contribution in [1.29, 1.82) is 5.26 Å². The second-order valence-electron chi connectivity index (χ2n) is 6.01. The SMILES string of the molecule is CCN(Cc1ccc(OC)c(OC)c1)C(=O)Cn1cc([N+](=O)[O-])cc(C#N)c1=O. The van der Waals surface area contributed by atoms with Crippen molar-refractivity contribution in [3.63, 3.8) is 0 Å². The summed E-state index contributed by atoms with van der Waals surface area (Å²) < 4.78 is 11.3. The normalized spacial score (nSPS) is 10.1. The van der Waals surface area contributed by atoms with E-state index in [-0.39, 0.29) is 6.54 Å². The largest absolute Gasteiger partial charge is 0.493 e. The monoisotopic (exact) mass is 400 g/mol. The predicted octanol–water partition coefficient (Wildman–Crippen LogP) is 1.69. The van der Waals surface area contributed by atoms with Crippen molar-refractivity contribution in [2.24, 2.45) is 0 Å². The summed E-state index contributed by atoms with van der Waals surface area (Å²) in [4.78, 5) is 36.8. The van der Waals surface area contributed by atoms with Crippen LogP contribution in [-0.2, 0) is 17.9 Å². The van der Waals surface area contributed by atoms with Crippen molar-refractivity contribution in [3.8, 4) is 17.6 Å². The van der Waals surface area contributed by atoms with Crippen molar-refractivity contribution in [2.75, 3.05) is 20.8 Å². The van der Waals surface area contributed by atoms with Crippen LogP contribution in [0.4, 0.5) is 5.69 Å². The number of hydrogen-bond acceptors (Lipinski definition) is 7. The Morgan fingerprint density at radius 2 is 1.97 bits per heavy atom. The molecule has 2 aromatic rings. The van der Waals surface area contributed by atoms with Gasteiger partial charge in [0.25, 0.3) is 11.2 Å². The van der Waals surface area contributed by atoms with Crippen LogP contribution in [0.5, 0.6) is 11.5 Å². The molecular weight excluding hydrogens is 380 g/mol. The fourth-order valence-electron chi connectivity index (χ4n) is 2.74. The number of nitriles is 1. The van der Waals surface area contributed by atoms with Crippen molar-refractivity contribution >= 4 is 11.6 Å². The summed E-state index contributed by atoms with van der Waals surface area (Å²) in [6.07, 6.45) is 0.964. The van der Waals surface area contributed by atoms with Gasteiger partial charge in [0, 0.05) is 19.2 Å². The quantitative estimate of drug-likeness (QED) is 0.487. The average molecular weight is 400 g/mol. The van der Waals surface area contributed by atoms with Crippen LogP contribution in [0, 0.1) is 21.4 Å². The van der Waals surface area contributed by atoms with Crippen LogP contribution in [0.1, 0.15) is 18.1 Å².